The highest BCUT2D eigenvalue weighted by Gasteiger charge is 2.08. The van der Waals surface area contributed by atoms with E-state index in [-0.39, 0.29) is 5.84 Å². The van der Waals surface area contributed by atoms with E-state index in [0.717, 1.165) is 21.3 Å². The molecule has 0 bridgehead atoms. The average Bonchev–Trinajstić information content (AvgIpc) is 2.48. The first-order valence-corrected chi connectivity index (χ1v) is 7.21. The van der Waals surface area contributed by atoms with Gasteiger partial charge in [-0.25, -0.2) is 0 Å². The molecule has 5 heteroatoms. The normalized spacial score (nSPS) is 10.2. The zero-order valence-electron chi connectivity index (χ0n) is 11.9. The Morgan fingerprint density at radius 1 is 1.24 bits per heavy atom. The van der Waals surface area contributed by atoms with Gasteiger partial charge in [-0.05, 0) is 48.4 Å². The molecular weight excluding hydrogens is 332 g/mol. The summed E-state index contributed by atoms with van der Waals surface area (Å²) in [7, 11) is 1.56. The van der Waals surface area contributed by atoms with Gasteiger partial charge >= 0.3 is 0 Å². The van der Waals surface area contributed by atoms with Gasteiger partial charge in [-0.15, -0.1) is 0 Å². The van der Waals surface area contributed by atoms with Gasteiger partial charge in [-0.1, -0.05) is 22.0 Å². The number of ether oxygens (including phenoxy) is 2. The lowest BCUT2D eigenvalue weighted by Crippen LogP contribution is -2.13. The first-order valence-electron chi connectivity index (χ1n) is 6.41. The molecule has 3 N–H and O–H groups in total. The highest BCUT2D eigenvalue weighted by Crippen LogP contribution is 2.23. The number of nitrogens with one attached hydrogen (secondary N) is 1. The van der Waals surface area contributed by atoms with Crippen LogP contribution in [0.15, 0.2) is 40.9 Å². The maximum atomic E-state index is 7.58. The minimum atomic E-state index is -0.0202. The summed E-state index contributed by atoms with van der Waals surface area (Å²) < 4.78 is 12.0. The summed E-state index contributed by atoms with van der Waals surface area (Å²) in [4.78, 5) is 0. The number of hydrogen-bond acceptors (Lipinski definition) is 3. The summed E-state index contributed by atoms with van der Waals surface area (Å²) in [6.07, 6.45) is 0. The van der Waals surface area contributed by atoms with Gasteiger partial charge in [0.2, 0.25) is 0 Å². The quantitative estimate of drug-likeness (QED) is 0.640. The Bertz CT molecular complexity index is 671. The van der Waals surface area contributed by atoms with Crippen LogP contribution in [0.3, 0.4) is 0 Å². The van der Waals surface area contributed by atoms with E-state index in [1.54, 1.807) is 13.2 Å². The van der Waals surface area contributed by atoms with Crippen molar-refractivity contribution in [3.63, 3.8) is 0 Å². The van der Waals surface area contributed by atoms with E-state index in [0.29, 0.717) is 17.9 Å². The van der Waals surface area contributed by atoms with Gasteiger partial charge in [0.15, 0.2) is 0 Å². The maximum Gasteiger partial charge on any atom is 0.129 e. The van der Waals surface area contributed by atoms with Gasteiger partial charge in [0.1, 0.15) is 23.9 Å². The third-order valence-corrected chi connectivity index (χ3v) is 3.98. The number of benzene rings is 2. The lowest BCUT2D eigenvalue weighted by atomic mass is 10.1. The van der Waals surface area contributed by atoms with Gasteiger partial charge in [0.05, 0.1) is 12.7 Å². The van der Waals surface area contributed by atoms with Crippen molar-refractivity contribution in [3.8, 4) is 11.5 Å². The van der Waals surface area contributed by atoms with Crippen molar-refractivity contribution >= 4 is 21.8 Å². The number of nitrogen functional groups attached to an aromatic ring is 1. The number of amidine groups is 1. The van der Waals surface area contributed by atoms with E-state index >= 15 is 0 Å². The number of hydrogen-bond donors (Lipinski definition) is 2. The van der Waals surface area contributed by atoms with Gasteiger partial charge < -0.3 is 15.2 Å². The van der Waals surface area contributed by atoms with Crippen LogP contribution in [0.1, 0.15) is 16.7 Å². The Morgan fingerprint density at radius 3 is 2.62 bits per heavy atom. The zero-order chi connectivity index (χ0) is 15.4. The van der Waals surface area contributed by atoms with Crippen molar-refractivity contribution in [3.05, 3.63) is 57.6 Å². The number of methoxy groups -OCH3 is 1. The summed E-state index contributed by atoms with van der Waals surface area (Å²) in [6, 6.07) is 11.3. The van der Waals surface area contributed by atoms with E-state index in [4.69, 9.17) is 20.6 Å². The number of aryl methyl sites for hydroxylation is 1. The van der Waals surface area contributed by atoms with Gasteiger partial charge in [-0.3, -0.25) is 5.41 Å². The summed E-state index contributed by atoms with van der Waals surface area (Å²) in [6.45, 7) is 2.42. The average molecular weight is 349 g/mol. The fourth-order valence-corrected chi connectivity index (χ4v) is 2.18. The predicted octanol–water partition coefficient (Wildman–Crippen LogP) is 3.63. The Morgan fingerprint density at radius 2 is 2.00 bits per heavy atom. The summed E-state index contributed by atoms with van der Waals surface area (Å²) in [5, 5.41) is 7.58. The van der Waals surface area contributed by atoms with Crippen molar-refractivity contribution in [1.29, 1.82) is 5.41 Å². The molecule has 2 aromatic rings. The topological polar surface area (TPSA) is 68.3 Å². The monoisotopic (exact) mass is 348 g/mol. The molecule has 0 saturated heterocycles. The molecule has 0 unspecified atom stereocenters. The van der Waals surface area contributed by atoms with Gasteiger partial charge in [-0.2, -0.15) is 0 Å². The van der Waals surface area contributed by atoms with E-state index < -0.39 is 0 Å². The molecule has 0 radical (unpaired) electrons. The van der Waals surface area contributed by atoms with Crippen molar-refractivity contribution in [2.45, 2.75) is 13.5 Å². The molecule has 0 aliphatic rings. The molecule has 2 rings (SSSR count). The van der Waals surface area contributed by atoms with Crippen molar-refractivity contribution in [2.75, 3.05) is 7.11 Å². The molecule has 0 fully saturated rings. The SMILES string of the molecule is COc1ccc(COc2ccc(Br)c(C)c2)cc1C(=N)N. The summed E-state index contributed by atoms with van der Waals surface area (Å²) in [5.74, 6) is 1.37. The van der Waals surface area contributed by atoms with Crippen LogP contribution in [0, 0.1) is 12.3 Å². The van der Waals surface area contributed by atoms with Crippen LogP contribution >= 0.6 is 15.9 Å². The molecule has 0 amide bonds. The third kappa shape index (κ3) is 3.76. The van der Waals surface area contributed by atoms with Crippen LogP contribution in [0.5, 0.6) is 11.5 Å². The molecule has 0 aromatic heterocycles. The minimum Gasteiger partial charge on any atom is -0.496 e. The molecule has 2 aromatic carbocycles. The summed E-state index contributed by atoms with van der Waals surface area (Å²) >= 11 is 3.46. The fourth-order valence-electron chi connectivity index (χ4n) is 1.93. The molecule has 21 heavy (non-hydrogen) atoms. The minimum absolute atomic E-state index is 0.0202. The van der Waals surface area contributed by atoms with Gasteiger partial charge in [0, 0.05) is 4.47 Å². The van der Waals surface area contributed by atoms with E-state index in [1.165, 1.54) is 0 Å². The van der Waals surface area contributed by atoms with Crippen molar-refractivity contribution in [2.24, 2.45) is 5.73 Å². The highest BCUT2D eigenvalue weighted by atomic mass is 79.9. The van der Waals surface area contributed by atoms with E-state index in [2.05, 4.69) is 15.9 Å². The van der Waals surface area contributed by atoms with E-state index in [1.807, 2.05) is 37.3 Å². The molecule has 0 spiro atoms. The van der Waals surface area contributed by atoms with E-state index in [9.17, 15) is 0 Å². The molecular formula is C16H17BrN2O2. The molecule has 0 heterocycles. The smallest absolute Gasteiger partial charge is 0.129 e. The Balaban J connectivity index is 2.14. The Hall–Kier alpha value is -2.01. The molecule has 110 valence electrons. The highest BCUT2D eigenvalue weighted by molar-refractivity contribution is 9.10. The Labute approximate surface area is 132 Å². The van der Waals surface area contributed by atoms with Gasteiger partial charge in [0.25, 0.3) is 0 Å². The molecule has 0 aliphatic heterocycles. The first kappa shape index (κ1) is 15.4. The molecule has 0 atom stereocenters. The third-order valence-electron chi connectivity index (χ3n) is 3.09. The predicted molar refractivity (Wildman–Crippen MR) is 87.2 cm³/mol. The second kappa shape index (κ2) is 6.63. The van der Waals surface area contributed by atoms with Crippen molar-refractivity contribution < 1.29 is 9.47 Å². The lowest BCUT2D eigenvalue weighted by Gasteiger charge is -2.11. The second-order valence-electron chi connectivity index (χ2n) is 4.65. The van der Waals surface area contributed by atoms with Crippen molar-refractivity contribution in [1.82, 2.24) is 0 Å². The molecule has 0 aliphatic carbocycles. The lowest BCUT2D eigenvalue weighted by molar-refractivity contribution is 0.305. The van der Waals surface area contributed by atoms with Crippen LogP contribution in [0.4, 0.5) is 0 Å². The molecule has 0 saturated carbocycles. The largest absolute Gasteiger partial charge is 0.496 e. The number of rotatable bonds is 5. The fraction of sp³-hybridized carbons (Fsp3) is 0.188. The molecule has 4 nitrogen and oxygen atoms in total. The Kier molecular flexibility index (Phi) is 4.85. The van der Waals surface area contributed by atoms with Crippen LogP contribution in [-0.2, 0) is 6.61 Å². The first-order chi connectivity index (χ1) is 10.0. The van der Waals surface area contributed by atoms with Crippen LogP contribution in [0.2, 0.25) is 0 Å². The number of nitrogens with two attached hydrogens (primary N) is 1. The zero-order valence-corrected chi connectivity index (χ0v) is 13.5. The second-order valence-corrected chi connectivity index (χ2v) is 5.50. The van der Waals surface area contributed by atoms with Crippen LogP contribution < -0.4 is 15.2 Å². The maximum absolute atomic E-state index is 7.58. The summed E-state index contributed by atoms with van der Waals surface area (Å²) in [5.41, 5.74) is 8.18. The van der Waals surface area contributed by atoms with Crippen LogP contribution in [0.25, 0.3) is 0 Å². The standard InChI is InChI=1S/C16H17BrN2O2/c1-10-7-12(4-5-14(10)17)21-9-11-3-6-15(20-2)13(8-11)16(18)19/h3-8H,9H2,1-2H3,(H3,18,19). The number of halogens is 1. The van der Waals surface area contributed by atoms with Crippen LogP contribution in [-0.4, -0.2) is 12.9 Å².